The van der Waals surface area contributed by atoms with E-state index in [0.717, 1.165) is 16.2 Å². The molecule has 1 aliphatic heterocycles. The highest BCUT2D eigenvalue weighted by Gasteiger charge is 2.33. The van der Waals surface area contributed by atoms with E-state index < -0.39 is 0 Å². The minimum absolute atomic E-state index is 0.0280. The number of anilines is 2. The van der Waals surface area contributed by atoms with Gasteiger partial charge in [0, 0.05) is 5.56 Å². The lowest BCUT2D eigenvalue weighted by molar-refractivity contribution is -0.908. The number of rotatable bonds is 4. The molecule has 2 aromatic rings. The molecule has 0 spiro atoms. The summed E-state index contributed by atoms with van der Waals surface area (Å²) in [5, 5.41) is 3.80. The van der Waals surface area contributed by atoms with Crippen LogP contribution in [0.5, 0.6) is 0 Å². The SMILES string of the molecule is C[C@@H](C(=O)N1CC(=O)Nc2ccccc21)[NH+](C)Cc1ccc(Cl)c(Cl)c1. The highest BCUT2D eigenvalue weighted by Crippen LogP contribution is 2.29. The fraction of sp³-hybridized carbons (Fsp3) is 0.263. The largest absolute Gasteiger partial charge is 0.324 e. The van der Waals surface area contributed by atoms with Crippen LogP contribution in [0.1, 0.15) is 12.5 Å². The average molecular weight is 393 g/mol. The predicted octanol–water partition coefficient (Wildman–Crippen LogP) is 2.38. The average Bonchev–Trinajstić information content (AvgIpc) is 2.62. The van der Waals surface area contributed by atoms with Gasteiger partial charge in [-0.1, -0.05) is 41.4 Å². The van der Waals surface area contributed by atoms with Gasteiger partial charge in [0.05, 0.1) is 28.5 Å². The van der Waals surface area contributed by atoms with Crippen molar-refractivity contribution in [2.24, 2.45) is 0 Å². The molecule has 0 bridgehead atoms. The highest BCUT2D eigenvalue weighted by atomic mass is 35.5. The van der Waals surface area contributed by atoms with E-state index in [1.807, 2.05) is 44.3 Å². The number of halogens is 2. The van der Waals surface area contributed by atoms with Crippen molar-refractivity contribution in [2.75, 3.05) is 23.8 Å². The summed E-state index contributed by atoms with van der Waals surface area (Å²) < 4.78 is 0. The summed E-state index contributed by atoms with van der Waals surface area (Å²) in [6.07, 6.45) is 0. The van der Waals surface area contributed by atoms with Crippen LogP contribution in [0.3, 0.4) is 0 Å². The summed E-state index contributed by atoms with van der Waals surface area (Å²) in [6, 6.07) is 12.5. The van der Waals surface area contributed by atoms with Gasteiger partial charge in [-0.2, -0.15) is 0 Å². The van der Waals surface area contributed by atoms with Crippen LogP contribution in [0, 0.1) is 0 Å². The van der Waals surface area contributed by atoms with Gasteiger partial charge in [0.2, 0.25) is 5.91 Å². The predicted molar refractivity (Wildman–Crippen MR) is 104 cm³/mol. The van der Waals surface area contributed by atoms with E-state index in [2.05, 4.69) is 5.32 Å². The first kappa shape index (κ1) is 18.7. The number of carbonyl (C=O) groups is 2. The Morgan fingerprint density at radius 3 is 2.69 bits per heavy atom. The quantitative estimate of drug-likeness (QED) is 0.838. The van der Waals surface area contributed by atoms with Gasteiger partial charge < -0.3 is 10.2 Å². The van der Waals surface area contributed by atoms with E-state index in [1.54, 1.807) is 17.0 Å². The van der Waals surface area contributed by atoms with Crippen molar-refractivity contribution in [1.29, 1.82) is 0 Å². The molecule has 0 aromatic heterocycles. The number of hydrogen-bond donors (Lipinski definition) is 2. The van der Waals surface area contributed by atoms with Crippen molar-refractivity contribution < 1.29 is 14.5 Å². The summed E-state index contributed by atoms with van der Waals surface area (Å²) in [4.78, 5) is 27.5. The summed E-state index contributed by atoms with van der Waals surface area (Å²) in [5.41, 5.74) is 2.38. The van der Waals surface area contributed by atoms with E-state index >= 15 is 0 Å². The number of carbonyl (C=O) groups excluding carboxylic acids is 2. The molecule has 2 N–H and O–H groups in total. The zero-order valence-electron chi connectivity index (χ0n) is 14.6. The lowest BCUT2D eigenvalue weighted by Crippen LogP contribution is -3.12. The van der Waals surface area contributed by atoms with Crippen LogP contribution in [0.25, 0.3) is 0 Å². The lowest BCUT2D eigenvalue weighted by Gasteiger charge is -2.32. The third-order valence-corrected chi connectivity index (χ3v) is 5.35. The molecule has 1 unspecified atom stereocenters. The van der Waals surface area contributed by atoms with Gasteiger partial charge in [0.15, 0.2) is 6.04 Å². The Labute approximate surface area is 162 Å². The minimum atomic E-state index is -0.330. The summed E-state index contributed by atoms with van der Waals surface area (Å²) >= 11 is 12.0. The zero-order chi connectivity index (χ0) is 18.8. The number of amides is 2. The fourth-order valence-corrected chi connectivity index (χ4v) is 3.32. The molecule has 26 heavy (non-hydrogen) atoms. The van der Waals surface area contributed by atoms with Gasteiger partial charge in [-0.3, -0.25) is 14.5 Å². The molecule has 1 heterocycles. The van der Waals surface area contributed by atoms with E-state index in [-0.39, 0.29) is 24.4 Å². The smallest absolute Gasteiger partial charge is 0.285 e. The zero-order valence-corrected chi connectivity index (χ0v) is 16.1. The van der Waals surface area contributed by atoms with Crippen LogP contribution in [0.2, 0.25) is 10.0 Å². The Morgan fingerprint density at radius 2 is 1.96 bits per heavy atom. The number of nitrogens with one attached hydrogen (secondary N) is 2. The van der Waals surface area contributed by atoms with Crippen molar-refractivity contribution in [2.45, 2.75) is 19.5 Å². The molecular formula is C19H20Cl2N3O2+. The number of quaternary nitrogens is 1. The van der Waals surface area contributed by atoms with Crippen molar-refractivity contribution in [3.8, 4) is 0 Å². The van der Waals surface area contributed by atoms with Crippen LogP contribution in [-0.2, 0) is 16.1 Å². The van der Waals surface area contributed by atoms with Gasteiger partial charge in [0.25, 0.3) is 5.91 Å². The molecule has 0 fully saturated rings. The minimum Gasteiger partial charge on any atom is -0.324 e. The van der Waals surface area contributed by atoms with Crippen LogP contribution >= 0.6 is 23.2 Å². The van der Waals surface area contributed by atoms with Crippen molar-refractivity contribution >= 4 is 46.4 Å². The second kappa shape index (κ2) is 7.66. The molecule has 3 rings (SSSR count). The standard InChI is InChI=1S/C19H19Cl2N3O2/c1-12(23(2)10-13-7-8-14(20)15(21)9-13)19(26)24-11-18(25)22-16-5-3-4-6-17(16)24/h3-9,12H,10-11H2,1-2H3,(H,22,25)/p+1/t12-/m0/s1. The number of hydrogen-bond acceptors (Lipinski definition) is 2. The molecule has 0 aliphatic carbocycles. The molecule has 7 heteroatoms. The van der Waals surface area contributed by atoms with E-state index in [9.17, 15) is 9.59 Å². The highest BCUT2D eigenvalue weighted by molar-refractivity contribution is 6.42. The van der Waals surface area contributed by atoms with Crippen LogP contribution in [0.15, 0.2) is 42.5 Å². The third kappa shape index (κ3) is 3.85. The van der Waals surface area contributed by atoms with Crippen molar-refractivity contribution in [3.63, 3.8) is 0 Å². The molecule has 1 aliphatic rings. The molecule has 2 aromatic carbocycles. The number of nitrogens with zero attached hydrogens (tertiary/aromatic N) is 1. The first-order chi connectivity index (χ1) is 12.4. The molecule has 5 nitrogen and oxygen atoms in total. The Bertz CT molecular complexity index is 856. The normalized spacial score (nSPS) is 15.8. The number of para-hydroxylation sites is 2. The molecule has 0 radical (unpaired) electrons. The van der Waals surface area contributed by atoms with Gasteiger partial charge in [-0.15, -0.1) is 0 Å². The second-order valence-electron chi connectivity index (χ2n) is 6.48. The number of benzene rings is 2. The Balaban J connectivity index is 1.76. The number of likely N-dealkylation sites (N-methyl/N-ethyl adjacent to an activating group) is 1. The van der Waals surface area contributed by atoms with Crippen LogP contribution < -0.4 is 15.1 Å². The Morgan fingerprint density at radius 1 is 1.23 bits per heavy atom. The Hall–Kier alpha value is -2.08. The molecule has 0 saturated carbocycles. The summed E-state index contributed by atoms with van der Waals surface area (Å²) in [6.45, 7) is 2.51. The lowest BCUT2D eigenvalue weighted by atomic mass is 10.1. The third-order valence-electron chi connectivity index (χ3n) is 4.61. The van der Waals surface area contributed by atoms with Crippen LogP contribution in [-0.4, -0.2) is 31.4 Å². The molecule has 2 amide bonds. The maximum atomic E-state index is 13.0. The maximum absolute atomic E-state index is 13.0. The Kier molecular flexibility index (Phi) is 5.51. The first-order valence-electron chi connectivity index (χ1n) is 8.33. The number of fused-ring (bicyclic) bond motifs is 1. The fourth-order valence-electron chi connectivity index (χ4n) is 3.00. The van der Waals surface area contributed by atoms with E-state index in [0.29, 0.717) is 22.3 Å². The van der Waals surface area contributed by atoms with E-state index in [4.69, 9.17) is 23.2 Å². The summed E-state index contributed by atoms with van der Waals surface area (Å²) in [5.74, 6) is -0.281. The second-order valence-corrected chi connectivity index (χ2v) is 7.30. The first-order valence-corrected chi connectivity index (χ1v) is 9.09. The monoisotopic (exact) mass is 392 g/mol. The van der Waals surface area contributed by atoms with Gasteiger partial charge in [-0.05, 0) is 31.2 Å². The van der Waals surface area contributed by atoms with E-state index in [1.165, 1.54) is 0 Å². The molecule has 2 atom stereocenters. The molecule has 0 saturated heterocycles. The van der Waals surface area contributed by atoms with Crippen molar-refractivity contribution in [3.05, 3.63) is 58.1 Å². The van der Waals surface area contributed by atoms with Gasteiger partial charge in [0.1, 0.15) is 13.1 Å². The topological polar surface area (TPSA) is 53.9 Å². The summed E-state index contributed by atoms with van der Waals surface area (Å²) in [7, 11) is 1.95. The maximum Gasteiger partial charge on any atom is 0.285 e. The molecular weight excluding hydrogens is 373 g/mol. The van der Waals surface area contributed by atoms with Gasteiger partial charge in [-0.25, -0.2) is 0 Å². The molecule has 136 valence electrons. The van der Waals surface area contributed by atoms with Gasteiger partial charge >= 0.3 is 0 Å². The van der Waals surface area contributed by atoms with Crippen molar-refractivity contribution in [1.82, 2.24) is 0 Å². The van der Waals surface area contributed by atoms with Crippen LogP contribution in [0.4, 0.5) is 11.4 Å².